The van der Waals surface area contributed by atoms with Crippen LogP contribution in [0.5, 0.6) is 0 Å². The van der Waals surface area contributed by atoms with Crippen LogP contribution in [-0.2, 0) is 16.1 Å². The van der Waals surface area contributed by atoms with Gasteiger partial charge in [0.15, 0.2) is 5.17 Å². The number of nitrogens with one attached hydrogen (secondary N) is 1. The fourth-order valence-electron chi connectivity index (χ4n) is 3.32. The van der Waals surface area contributed by atoms with Crippen LogP contribution >= 0.6 is 46.6 Å². The number of thioether (sulfide) groups is 1. The molecule has 9 heteroatoms. The first-order valence-corrected chi connectivity index (χ1v) is 12.4. The number of anilines is 1. The summed E-state index contributed by atoms with van der Waals surface area (Å²) in [5, 5.41) is 4.34. The molecule has 0 saturated carbocycles. The van der Waals surface area contributed by atoms with E-state index in [0.717, 1.165) is 11.1 Å². The number of hydrogen-bond donors (Lipinski definition) is 1. The molecule has 3 aromatic rings. The molecule has 3 aromatic carbocycles. The molecule has 1 unspecified atom stereocenters. The fraction of sp³-hybridized carbons (Fsp3) is 0.160. The van der Waals surface area contributed by atoms with Crippen LogP contribution in [0.15, 0.2) is 71.7 Å². The average Bonchev–Trinajstić information content (AvgIpc) is 2.79. The zero-order valence-electron chi connectivity index (χ0n) is 18.1. The van der Waals surface area contributed by atoms with Crippen LogP contribution in [0.25, 0.3) is 0 Å². The number of carbonyl (C=O) groups excluding carboxylic acids is 2. The van der Waals surface area contributed by atoms with Crippen LogP contribution in [0, 0.1) is 6.92 Å². The molecule has 1 atom stereocenters. The van der Waals surface area contributed by atoms with Crippen molar-refractivity contribution in [3.63, 3.8) is 0 Å². The lowest BCUT2D eigenvalue weighted by Gasteiger charge is -2.32. The number of amides is 2. The summed E-state index contributed by atoms with van der Waals surface area (Å²) in [6, 6.07) is 19.6. The first kappa shape index (κ1) is 24.6. The van der Waals surface area contributed by atoms with E-state index in [0.29, 0.717) is 38.2 Å². The minimum absolute atomic E-state index is 0.0399. The number of aliphatic imine (C=N–C) groups is 1. The molecule has 34 heavy (non-hydrogen) atoms. The molecule has 1 saturated heterocycles. The van der Waals surface area contributed by atoms with Gasteiger partial charge in [-0.25, -0.2) is 4.99 Å². The van der Waals surface area contributed by atoms with Gasteiger partial charge in [0.25, 0.3) is 0 Å². The highest BCUT2D eigenvalue weighted by Crippen LogP contribution is 2.32. The number of halogens is 3. The van der Waals surface area contributed by atoms with Crippen molar-refractivity contribution in [3.05, 3.63) is 92.9 Å². The number of aryl methyl sites for hydroxylation is 1. The van der Waals surface area contributed by atoms with Gasteiger partial charge in [0, 0.05) is 27.2 Å². The highest BCUT2D eigenvalue weighted by atomic mass is 35.5. The summed E-state index contributed by atoms with van der Waals surface area (Å²) in [4.78, 5) is 32.5. The van der Waals surface area contributed by atoms with E-state index in [1.54, 1.807) is 53.4 Å². The fourth-order valence-corrected chi connectivity index (χ4v) is 4.91. The monoisotopic (exact) mass is 531 g/mol. The molecule has 0 bridgehead atoms. The number of rotatable bonds is 5. The van der Waals surface area contributed by atoms with Crippen molar-refractivity contribution in [2.45, 2.75) is 25.1 Å². The predicted octanol–water partition coefficient (Wildman–Crippen LogP) is 7.12. The third-order valence-corrected chi connectivity index (χ3v) is 7.24. The molecule has 1 aliphatic heterocycles. The number of nitrogens with zero attached hydrogens (tertiary/aromatic N) is 2. The molecule has 174 valence electrons. The van der Waals surface area contributed by atoms with Crippen LogP contribution in [0.2, 0.25) is 15.1 Å². The molecular weight excluding hydrogens is 513 g/mol. The Labute approximate surface area is 217 Å². The summed E-state index contributed by atoms with van der Waals surface area (Å²) in [7, 11) is 0. The predicted molar refractivity (Wildman–Crippen MR) is 141 cm³/mol. The number of hydrogen-bond acceptors (Lipinski definition) is 4. The van der Waals surface area contributed by atoms with Crippen molar-refractivity contribution < 1.29 is 9.59 Å². The summed E-state index contributed by atoms with van der Waals surface area (Å²) in [5.41, 5.74) is 2.98. The van der Waals surface area contributed by atoms with Crippen LogP contribution in [-0.4, -0.2) is 27.1 Å². The standard InChI is InChI=1S/C25H20Cl3N3O2S/c1-15-5-10-20(12-21(15)28)29-24(33)22-13-23(32)31(14-16-6-8-17(26)9-7-16)25(34-22)30-19-4-2-3-18(27)11-19/h2-12,22H,13-14H2,1H3,(H,29,33). The van der Waals surface area contributed by atoms with E-state index in [4.69, 9.17) is 34.8 Å². The lowest BCUT2D eigenvalue weighted by atomic mass is 10.2. The second-order valence-corrected chi connectivity index (χ2v) is 10.2. The second kappa shape index (κ2) is 10.8. The van der Waals surface area contributed by atoms with Crippen molar-refractivity contribution >= 4 is 74.9 Å². The summed E-state index contributed by atoms with van der Waals surface area (Å²) in [5.74, 6) is -0.486. The Morgan fingerprint density at radius 3 is 2.53 bits per heavy atom. The van der Waals surface area contributed by atoms with Crippen molar-refractivity contribution in [1.82, 2.24) is 4.90 Å². The number of carbonyl (C=O) groups is 2. The largest absolute Gasteiger partial charge is 0.325 e. The van der Waals surface area contributed by atoms with E-state index in [1.165, 1.54) is 11.8 Å². The molecule has 0 radical (unpaired) electrons. The minimum atomic E-state index is -0.646. The highest BCUT2D eigenvalue weighted by Gasteiger charge is 2.36. The van der Waals surface area contributed by atoms with Gasteiger partial charge < -0.3 is 5.32 Å². The lowest BCUT2D eigenvalue weighted by molar-refractivity contribution is -0.129. The molecule has 0 spiro atoms. The van der Waals surface area contributed by atoms with Gasteiger partial charge in [-0.15, -0.1) is 0 Å². The van der Waals surface area contributed by atoms with Gasteiger partial charge in [-0.3, -0.25) is 14.5 Å². The maximum Gasteiger partial charge on any atom is 0.238 e. The number of benzene rings is 3. The van der Waals surface area contributed by atoms with Crippen molar-refractivity contribution in [3.8, 4) is 0 Å². The van der Waals surface area contributed by atoms with Gasteiger partial charge >= 0.3 is 0 Å². The normalized spacial score (nSPS) is 17.2. The minimum Gasteiger partial charge on any atom is -0.325 e. The van der Waals surface area contributed by atoms with Gasteiger partial charge in [0.1, 0.15) is 5.25 Å². The van der Waals surface area contributed by atoms with Gasteiger partial charge in [-0.1, -0.05) is 70.8 Å². The molecule has 4 rings (SSSR count). The van der Waals surface area contributed by atoms with Crippen LogP contribution in [0.1, 0.15) is 17.5 Å². The maximum absolute atomic E-state index is 13.2. The van der Waals surface area contributed by atoms with E-state index in [9.17, 15) is 9.59 Å². The lowest BCUT2D eigenvalue weighted by Crippen LogP contribution is -2.44. The van der Waals surface area contributed by atoms with Gasteiger partial charge in [0.05, 0.1) is 12.2 Å². The van der Waals surface area contributed by atoms with Crippen molar-refractivity contribution in [2.24, 2.45) is 4.99 Å². The van der Waals surface area contributed by atoms with Crippen LogP contribution < -0.4 is 5.32 Å². The zero-order chi connectivity index (χ0) is 24.2. The molecule has 0 aliphatic carbocycles. The van der Waals surface area contributed by atoms with Crippen LogP contribution in [0.3, 0.4) is 0 Å². The molecule has 2 amide bonds. The van der Waals surface area contributed by atoms with Gasteiger partial charge in [0.2, 0.25) is 11.8 Å². The molecule has 1 heterocycles. The van der Waals surface area contributed by atoms with Crippen LogP contribution in [0.4, 0.5) is 11.4 Å². The molecular formula is C25H20Cl3N3O2S. The molecule has 5 nitrogen and oxygen atoms in total. The Morgan fingerprint density at radius 1 is 1.06 bits per heavy atom. The van der Waals surface area contributed by atoms with E-state index < -0.39 is 5.25 Å². The second-order valence-electron chi connectivity index (χ2n) is 7.74. The molecule has 1 N–H and O–H groups in total. The van der Waals surface area contributed by atoms with Gasteiger partial charge in [-0.05, 0) is 60.5 Å². The Kier molecular flexibility index (Phi) is 7.84. The Hall–Kier alpha value is -2.51. The Bertz CT molecular complexity index is 1260. The summed E-state index contributed by atoms with van der Waals surface area (Å²) in [6.45, 7) is 2.20. The summed E-state index contributed by atoms with van der Waals surface area (Å²) >= 11 is 19.5. The topological polar surface area (TPSA) is 61.8 Å². The van der Waals surface area contributed by atoms with Gasteiger partial charge in [-0.2, -0.15) is 0 Å². The van der Waals surface area contributed by atoms with E-state index in [-0.39, 0.29) is 18.2 Å². The van der Waals surface area contributed by atoms with Crippen molar-refractivity contribution in [1.29, 1.82) is 0 Å². The third kappa shape index (κ3) is 6.13. The molecule has 1 fully saturated rings. The summed E-state index contributed by atoms with van der Waals surface area (Å²) < 4.78 is 0. The van der Waals surface area contributed by atoms with E-state index in [2.05, 4.69) is 10.3 Å². The molecule has 0 aromatic heterocycles. The highest BCUT2D eigenvalue weighted by molar-refractivity contribution is 8.15. The van der Waals surface area contributed by atoms with Crippen molar-refractivity contribution in [2.75, 3.05) is 5.32 Å². The number of amidine groups is 1. The Balaban J connectivity index is 1.60. The van der Waals surface area contributed by atoms with E-state index >= 15 is 0 Å². The quantitative estimate of drug-likeness (QED) is 0.381. The first-order valence-electron chi connectivity index (χ1n) is 10.4. The third-order valence-electron chi connectivity index (χ3n) is 5.16. The average molecular weight is 533 g/mol. The SMILES string of the molecule is Cc1ccc(NC(=O)C2CC(=O)N(Cc3ccc(Cl)cc3)C(=Nc3cccc(Cl)c3)S2)cc1Cl. The zero-order valence-corrected chi connectivity index (χ0v) is 21.2. The smallest absolute Gasteiger partial charge is 0.238 e. The molecule has 1 aliphatic rings. The Morgan fingerprint density at radius 2 is 1.82 bits per heavy atom. The first-order chi connectivity index (χ1) is 16.3. The maximum atomic E-state index is 13.2. The van der Waals surface area contributed by atoms with E-state index in [1.807, 2.05) is 25.1 Å². The summed E-state index contributed by atoms with van der Waals surface area (Å²) in [6.07, 6.45) is 0.0399.